The summed E-state index contributed by atoms with van der Waals surface area (Å²) < 4.78 is 0. The summed E-state index contributed by atoms with van der Waals surface area (Å²) in [6, 6.07) is 3.15. The Morgan fingerprint density at radius 3 is 2.32 bits per heavy atom. The molecule has 1 spiro atoms. The summed E-state index contributed by atoms with van der Waals surface area (Å²) in [4.78, 5) is 2.68. The zero-order chi connectivity index (χ0) is 13.3. The van der Waals surface area contributed by atoms with Gasteiger partial charge in [-0.2, -0.15) is 5.26 Å². The first-order chi connectivity index (χ1) is 9.21. The smallest absolute Gasteiger partial charge is 0.108 e. The van der Waals surface area contributed by atoms with Gasteiger partial charge in [0.25, 0.3) is 0 Å². The molecule has 0 aromatic rings. The molecule has 2 unspecified atom stereocenters. The van der Waals surface area contributed by atoms with Crippen LogP contribution in [0.3, 0.4) is 0 Å². The molecule has 19 heavy (non-hydrogen) atoms. The van der Waals surface area contributed by atoms with Crippen molar-refractivity contribution in [2.45, 2.75) is 69.4 Å². The highest BCUT2D eigenvalue weighted by atomic mass is 15.2. The van der Waals surface area contributed by atoms with Crippen molar-refractivity contribution in [3.05, 3.63) is 0 Å². The van der Waals surface area contributed by atoms with E-state index in [9.17, 15) is 5.26 Å². The Morgan fingerprint density at radius 2 is 1.79 bits per heavy atom. The topological polar surface area (TPSA) is 39.1 Å². The lowest BCUT2D eigenvalue weighted by atomic mass is 9.76. The van der Waals surface area contributed by atoms with Crippen LogP contribution in [0, 0.1) is 16.7 Å². The van der Waals surface area contributed by atoms with Crippen molar-refractivity contribution in [3.63, 3.8) is 0 Å². The van der Waals surface area contributed by atoms with E-state index in [1.54, 1.807) is 0 Å². The first kappa shape index (κ1) is 13.4. The lowest BCUT2D eigenvalue weighted by Gasteiger charge is -2.42. The highest BCUT2D eigenvalue weighted by Crippen LogP contribution is 2.47. The number of likely N-dealkylation sites (tertiary alicyclic amines) is 1. The number of hydrogen-bond acceptors (Lipinski definition) is 3. The van der Waals surface area contributed by atoms with Crippen molar-refractivity contribution < 1.29 is 0 Å². The van der Waals surface area contributed by atoms with E-state index in [-0.39, 0.29) is 5.54 Å². The van der Waals surface area contributed by atoms with Gasteiger partial charge >= 0.3 is 0 Å². The molecule has 0 amide bonds. The molecule has 3 aliphatic rings. The number of nitrogens with one attached hydrogen (secondary N) is 1. The third kappa shape index (κ3) is 2.41. The van der Waals surface area contributed by atoms with Crippen LogP contribution >= 0.6 is 0 Å². The largest absolute Gasteiger partial charge is 0.302 e. The van der Waals surface area contributed by atoms with Gasteiger partial charge in [0.2, 0.25) is 0 Å². The summed E-state index contributed by atoms with van der Waals surface area (Å²) in [6.45, 7) is 2.55. The van der Waals surface area contributed by atoms with Gasteiger partial charge in [0.1, 0.15) is 5.54 Å². The Labute approximate surface area is 117 Å². The van der Waals surface area contributed by atoms with Crippen LogP contribution < -0.4 is 5.32 Å². The van der Waals surface area contributed by atoms with Crippen molar-refractivity contribution in [1.82, 2.24) is 10.2 Å². The Kier molecular flexibility index (Phi) is 3.57. The molecule has 106 valence electrons. The molecular weight excluding hydrogens is 234 g/mol. The SMILES string of the molecule is CNC1(C#N)CCC(N2CCC3(CCCC3)CC2)C1. The molecular formula is C16H27N3. The number of nitrogens with zero attached hydrogens (tertiary/aromatic N) is 2. The van der Waals surface area contributed by atoms with Crippen LogP contribution in [0.2, 0.25) is 0 Å². The minimum absolute atomic E-state index is 0.243. The summed E-state index contributed by atoms with van der Waals surface area (Å²) in [7, 11) is 1.94. The van der Waals surface area contributed by atoms with Crippen LogP contribution in [-0.2, 0) is 0 Å². The fraction of sp³-hybridized carbons (Fsp3) is 0.938. The molecule has 0 aromatic heterocycles. The molecule has 3 heteroatoms. The van der Waals surface area contributed by atoms with E-state index < -0.39 is 0 Å². The van der Waals surface area contributed by atoms with Crippen molar-refractivity contribution in [2.75, 3.05) is 20.1 Å². The van der Waals surface area contributed by atoms with Gasteiger partial charge in [-0.25, -0.2) is 0 Å². The lowest BCUT2D eigenvalue weighted by molar-refractivity contribution is 0.0760. The van der Waals surface area contributed by atoms with E-state index >= 15 is 0 Å². The molecule has 2 aliphatic carbocycles. The van der Waals surface area contributed by atoms with Crippen molar-refractivity contribution in [1.29, 1.82) is 5.26 Å². The van der Waals surface area contributed by atoms with E-state index in [1.807, 2.05) is 7.05 Å². The molecule has 0 aromatic carbocycles. The normalized spacial score (nSPS) is 38.6. The highest BCUT2D eigenvalue weighted by Gasteiger charge is 2.43. The maximum atomic E-state index is 9.37. The number of hydrogen-bond donors (Lipinski definition) is 1. The zero-order valence-corrected chi connectivity index (χ0v) is 12.2. The van der Waals surface area contributed by atoms with Crippen molar-refractivity contribution in [2.24, 2.45) is 5.41 Å². The molecule has 1 saturated heterocycles. The molecule has 2 atom stereocenters. The van der Waals surface area contributed by atoms with Crippen molar-refractivity contribution >= 4 is 0 Å². The first-order valence-corrected chi connectivity index (χ1v) is 8.05. The molecule has 3 nitrogen and oxygen atoms in total. The van der Waals surface area contributed by atoms with E-state index in [4.69, 9.17) is 0 Å². The quantitative estimate of drug-likeness (QED) is 0.830. The van der Waals surface area contributed by atoms with Gasteiger partial charge < -0.3 is 10.2 Å². The third-order valence-electron chi connectivity index (χ3n) is 6.22. The molecule has 1 heterocycles. The Morgan fingerprint density at radius 1 is 1.11 bits per heavy atom. The fourth-order valence-electron chi connectivity index (χ4n) is 4.70. The van der Waals surface area contributed by atoms with Gasteiger partial charge in [-0.05, 0) is 70.5 Å². The summed E-state index contributed by atoms with van der Waals surface area (Å²) in [5.41, 5.74) is 0.470. The number of rotatable bonds is 2. The Hall–Kier alpha value is -0.590. The minimum atomic E-state index is -0.243. The van der Waals surface area contributed by atoms with Crippen LogP contribution in [-0.4, -0.2) is 36.6 Å². The van der Waals surface area contributed by atoms with Crippen LogP contribution in [0.4, 0.5) is 0 Å². The van der Waals surface area contributed by atoms with E-state index in [0.717, 1.165) is 12.8 Å². The zero-order valence-electron chi connectivity index (χ0n) is 12.2. The summed E-state index contributed by atoms with van der Waals surface area (Å²) in [6.07, 6.45) is 11.9. The van der Waals surface area contributed by atoms with Crippen LogP contribution in [0.5, 0.6) is 0 Å². The lowest BCUT2D eigenvalue weighted by Crippen LogP contribution is -2.46. The van der Waals surface area contributed by atoms with Gasteiger partial charge in [0, 0.05) is 6.04 Å². The van der Waals surface area contributed by atoms with E-state index in [0.29, 0.717) is 11.5 Å². The average molecular weight is 261 g/mol. The second-order valence-corrected chi connectivity index (χ2v) is 7.08. The van der Waals surface area contributed by atoms with Gasteiger partial charge in [0.15, 0.2) is 0 Å². The molecule has 2 saturated carbocycles. The second-order valence-electron chi connectivity index (χ2n) is 7.08. The van der Waals surface area contributed by atoms with Gasteiger partial charge in [-0.3, -0.25) is 0 Å². The Bertz CT molecular complexity index is 357. The van der Waals surface area contributed by atoms with Gasteiger partial charge in [-0.15, -0.1) is 0 Å². The van der Waals surface area contributed by atoms with Crippen LogP contribution in [0.1, 0.15) is 57.8 Å². The summed E-state index contributed by atoms with van der Waals surface area (Å²) in [5, 5.41) is 12.6. The number of nitriles is 1. The fourth-order valence-corrected chi connectivity index (χ4v) is 4.70. The maximum absolute atomic E-state index is 9.37. The second kappa shape index (κ2) is 5.07. The molecule has 0 bridgehead atoms. The summed E-state index contributed by atoms with van der Waals surface area (Å²) in [5.74, 6) is 0. The maximum Gasteiger partial charge on any atom is 0.108 e. The predicted molar refractivity (Wildman–Crippen MR) is 76.8 cm³/mol. The highest BCUT2D eigenvalue weighted by molar-refractivity contribution is 5.13. The number of piperidine rings is 1. The van der Waals surface area contributed by atoms with Gasteiger partial charge in [0.05, 0.1) is 6.07 Å². The summed E-state index contributed by atoms with van der Waals surface area (Å²) >= 11 is 0. The van der Waals surface area contributed by atoms with E-state index in [2.05, 4.69) is 16.3 Å². The third-order valence-corrected chi connectivity index (χ3v) is 6.22. The Balaban J connectivity index is 1.57. The van der Waals surface area contributed by atoms with Crippen molar-refractivity contribution in [3.8, 4) is 6.07 Å². The molecule has 0 radical (unpaired) electrons. The molecule has 3 fully saturated rings. The van der Waals surface area contributed by atoms with Gasteiger partial charge in [-0.1, -0.05) is 12.8 Å². The molecule has 1 N–H and O–H groups in total. The van der Waals surface area contributed by atoms with Crippen LogP contribution in [0.25, 0.3) is 0 Å². The minimum Gasteiger partial charge on any atom is -0.302 e. The van der Waals surface area contributed by atoms with Crippen LogP contribution in [0.15, 0.2) is 0 Å². The predicted octanol–water partition coefficient (Wildman–Crippen LogP) is 2.68. The molecule has 3 rings (SSSR count). The first-order valence-electron chi connectivity index (χ1n) is 8.05. The molecule has 1 aliphatic heterocycles. The van der Waals surface area contributed by atoms with E-state index in [1.165, 1.54) is 58.0 Å². The average Bonchev–Trinajstić information content (AvgIpc) is 3.08. The standard InChI is InChI=1S/C16H27N3/c1-18-16(13-17)7-4-14(12-16)19-10-8-15(9-11-19)5-2-3-6-15/h14,18H,2-12H2,1H3. The monoisotopic (exact) mass is 261 g/mol.